The van der Waals surface area contributed by atoms with E-state index in [0.717, 1.165) is 11.5 Å². The summed E-state index contributed by atoms with van der Waals surface area (Å²) in [6, 6.07) is 9.00. The number of amides is 1. The SMILES string of the molecule is COCCCn1cccc(C(=O)NCCCc2nnc3ccccn23)c1=O. The molecule has 0 aromatic carbocycles. The quantitative estimate of drug-likeness (QED) is 0.574. The number of ether oxygens (including phenoxy) is 1. The number of nitrogens with one attached hydrogen (secondary N) is 1. The van der Waals surface area contributed by atoms with Crippen LogP contribution in [0.5, 0.6) is 0 Å². The van der Waals surface area contributed by atoms with Gasteiger partial charge in [0.15, 0.2) is 5.65 Å². The zero-order valence-electron chi connectivity index (χ0n) is 15.3. The van der Waals surface area contributed by atoms with Gasteiger partial charge in [-0.15, -0.1) is 10.2 Å². The van der Waals surface area contributed by atoms with Gasteiger partial charge in [0.05, 0.1) is 0 Å². The van der Waals surface area contributed by atoms with Gasteiger partial charge in [0.25, 0.3) is 11.5 Å². The molecule has 8 nitrogen and oxygen atoms in total. The molecule has 1 N–H and O–H groups in total. The van der Waals surface area contributed by atoms with Crippen LogP contribution in [0.2, 0.25) is 0 Å². The topological polar surface area (TPSA) is 90.5 Å². The smallest absolute Gasteiger partial charge is 0.263 e. The first kappa shape index (κ1) is 18.8. The summed E-state index contributed by atoms with van der Waals surface area (Å²) in [6.07, 6.45) is 5.70. The van der Waals surface area contributed by atoms with Gasteiger partial charge in [-0.25, -0.2) is 0 Å². The van der Waals surface area contributed by atoms with Gasteiger partial charge in [0.1, 0.15) is 11.4 Å². The molecule has 0 aliphatic heterocycles. The highest BCUT2D eigenvalue weighted by Gasteiger charge is 2.12. The van der Waals surface area contributed by atoms with Crippen LogP contribution in [0.1, 0.15) is 29.0 Å². The lowest BCUT2D eigenvalue weighted by Crippen LogP contribution is -2.33. The highest BCUT2D eigenvalue weighted by molar-refractivity contribution is 5.93. The van der Waals surface area contributed by atoms with Crippen LogP contribution in [0.15, 0.2) is 47.5 Å². The molecule has 8 heteroatoms. The van der Waals surface area contributed by atoms with Gasteiger partial charge in [-0.05, 0) is 37.1 Å². The summed E-state index contributed by atoms with van der Waals surface area (Å²) in [6.45, 7) is 1.55. The third-order valence-electron chi connectivity index (χ3n) is 4.26. The molecule has 0 unspecified atom stereocenters. The first-order valence-corrected chi connectivity index (χ1v) is 8.96. The van der Waals surface area contributed by atoms with Crippen LogP contribution in [0.25, 0.3) is 5.65 Å². The Labute approximate surface area is 156 Å². The fourth-order valence-corrected chi connectivity index (χ4v) is 2.87. The molecule has 3 aromatic heterocycles. The second-order valence-corrected chi connectivity index (χ2v) is 6.17. The number of aromatic nitrogens is 4. The van der Waals surface area contributed by atoms with Crippen molar-refractivity contribution < 1.29 is 9.53 Å². The van der Waals surface area contributed by atoms with Crippen LogP contribution in [0, 0.1) is 0 Å². The van der Waals surface area contributed by atoms with E-state index in [9.17, 15) is 9.59 Å². The van der Waals surface area contributed by atoms with Crippen molar-refractivity contribution in [3.05, 3.63) is 64.5 Å². The van der Waals surface area contributed by atoms with Crippen molar-refractivity contribution in [3.8, 4) is 0 Å². The van der Waals surface area contributed by atoms with E-state index < -0.39 is 0 Å². The average molecular weight is 369 g/mol. The van der Waals surface area contributed by atoms with Gasteiger partial charge in [0.2, 0.25) is 0 Å². The Hall–Kier alpha value is -3.00. The highest BCUT2D eigenvalue weighted by atomic mass is 16.5. The number of aryl methyl sites for hydroxylation is 2. The molecule has 142 valence electrons. The van der Waals surface area contributed by atoms with Crippen LogP contribution in [-0.2, 0) is 17.7 Å². The maximum absolute atomic E-state index is 12.4. The number of hydrogen-bond donors (Lipinski definition) is 1. The Bertz CT molecular complexity index is 963. The minimum Gasteiger partial charge on any atom is -0.385 e. The number of rotatable bonds is 9. The largest absolute Gasteiger partial charge is 0.385 e. The zero-order chi connectivity index (χ0) is 19.1. The number of methoxy groups -OCH3 is 1. The van der Waals surface area contributed by atoms with Crippen molar-refractivity contribution in [3.63, 3.8) is 0 Å². The number of fused-ring (bicyclic) bond motifs is 1. The lowest BCUT2D eigenvalue weighted by molar-refractivity contribution is 0.0951. The second-order valence-electron chi connectivity index (χ2n) is 6.17. The van der Waals surface area contributed by atoms with Crippen LogP contribution in [0.4, 0.5) is 0 Å². The van der Waals surface area contributed by atoms with E-state index in [1.807, 2.05) is 28.8 Å². The van der Waals surface area contributed by atoms with E-state index in [1.54, 1.807) is 25.4 Å². The fourth-order valence-electron chi connectivity index (χ4n) is 2.87. The first-order chi connectivity index (χ1) is 13.2. The van der Waals surface area contributed by atoms with E-state index in [0.29, 0.717) is 39.0 Å². The predicted octanol–water partition coefficient (Wildman–Crippen LogP) is 1.29. The molecule has 0 saturated carbocycles. The Morgan fingerprint density at radius 3 is 2.89 bits per heavy atom. The molecule has 0 radical (unpaired) electrons. The van der Waals surface area contributed by atoms with Gasteiger partial charge in [-0.1, -0.05) is 6.07 Å². The van der Waals surface area contributed by atoms with Crippen molar-refractivity contribution in [2.45, 2.75) is 25.8 Å². The minimum atomic E-state index is -0.354. The predicted molar refractivity (Wildman–Crippen MR) is 101 cm³/mol. The Morgan fingerprint density at radius 2 is 2.04 bits per heavy atom. The van der Waals surface area contributed by atoms with E-state index >= 15 is 0 Å². The number of carbonyl (C=O) groups is 1. The molecule has 0 saturated heterocycles. The molecule has 1 amide bonds. The number of pyridine rings is 2. The average Bonchev–Trinajstić information content (AvgIpc) is 3.10. The lowest BCUT2D eigenvalue weighted by Gasteiger charge is -2.08. The minimum absolute atomic E-state index is 0.155. The number of nitrogens with zero attached hydrogens (tertiary/aromatic N) is 4. The first-order valence-electron chi connectivity index (χ1n) is 8.96. The molecule has 3 heterocycles. The zero-order valence-corrected chi connectivity index (χ0v) is 15.3. The molecule has 27 heavy (non-hydrogen) atoms. The maximum atomic E-state index is 12.4. The molecule has 0 fully saturated rings. The van der Waals surface area contributed by atoms with Crippen molar-refractivity contribution in [1.29, 1.82) is 0 Å². The highest BCUT2D eigenvalue weighted by Crippen LogP contribution is 2.04. The van der Waals surface area contributed by atoms with E-state index in [4.69, 9.17) is 4.74 Å². The van der Waals surface area contributed by atoms with Crippen molar-refractivity contribution in [1.82, 2.24) is 24.5 Å². The summed E-state index contributed by atoms with van der Waals surface area (Å²) in [5.41, 5.74) is 0.673. The van der Waals surface area contributed by atoms with Crippen molar-refractivity contribution in [2.24, 2.45) is 0 Å². The summed E-state index contributed by atoms with van der Waals surface area (Å²) < 4.78 is 8.46. The van der Waals surface area contributed by atoms with Gasteiger partial charge in [-0.3, -0.25) is 14.0 Å². The third-order valence-corrected chi connectivity index (χ3v) is 4.26. The van der Waals surface area contributed by atoms with Gasteiger partial charge < -0.3 is 14.6 Å². The standard InChI is InChI=1S/C19H23N5O3/c1-27-14-6-12-23-11-5-7-15(19(23)26)18(25)20-10-4-9-17-22-21-16-8-2-3-13-24(16)17/h2-3,5,7-8,11,13H,4,6,9-10,12,14H2,1H3,(H,20,25). The third kappa shape index (κ3) is 4.59. The molecule has 3 aromatic rings. The number of carbonyl (C=O) groups excluding carboxylic acids is 1. The molecule has 0 atom stereocenters. The van der Waals surface area contributed by atoms with Gasteiger partial charge in [0, 0.05) is 45.6 Å². The summed E-state index contributed by atoms with van der Waals surface area (Å²) in [5.74, 6) is 0.493. The Balaban J connectivity index is 1.53. The Morgan fingerprint density at radius 1 is 1.15 bits per heavy atom. The molecule has 0 bridgehead atoms. The molecule has 0 aliphatic carbocycles. The van der Waals surface area contributed by atoms with Gasteiger partial charge in [-0.2, -0.15) is 0 Å². The van der Waals surface area contributed by atoms with Gasteiger partial charge >= 0.3 is 0 Å². The van der Waals surface area contributed by atoms with Crippen molar-refractivity contribution in [2.75, 3.05) is 20.3 Å². The molecule has 0 spiro atoms. The summed E-state index contributed by atoms with van der Waals surface area (Å²) >= 11 is 0. The maximum Gasteiger partial charge on any atom is 0.263 e. The lowest BCUT2D eigenvalue weighted by atomic mass is 10.2. The summed E-state index contributed by atoms with van der Waals surface area (Å²) in [5, 5.41) is 11.1. The summed E-state index contributed by atoms with van der Waals surface area (Å²) in [7, 11) is 1.62. The van der Waals surface area contributed by atoms with Crippen molar-refractivity contribution >= 4 is 11.6 Å². The van der Waals surface area contributed by atoms with Crippen LogP contribution >= 0.6 is 0 Å². The van der Waals surface area contributed by atoms with Crippen LogP contribution in [0.3, 0.4) is 0 Å². The molecule has 3 rings (SSSR count). The van der Waals surface area contributed by atoms with E-state index in [2.05, 4.69) is 15.5 Å². The molecular formula is C19H23N5O3. The fraction of sp³-hybridized carbons (Fsp3) is 0.368. The van der Waals surface area contributed by atoms with Crippen LogP contribution < -0.4 is 10.9 Å². The second kappa shape index (κ2) is 9.09. The molecular weight excluding hydrogens is 346 g/mol. The Kier molecular flexibility index (Phi) is 6.32. The summed E-state index contributed by atoms with van der Waals surface area (Å²) in [4.78, 5) is 24.7. The number of hydrogen-bond acceptors (Lipinski definition) is 5. The normalized spacial score (nSPS) is 11.0. The van der Waals surface area contributed by atoms with E-state index in [-0.39, 0.29) is 17.0 Å². The van der Waals surface area contributed by atoms with Crippen LogP contribution in [-0.4, -0.2) is 45.3 Å². The molecule has 0 aliphatic rings. The van der Waals surface area contributed by atoms with E-state index in [1.165, 1.54) is 4.57 Å². The monoisotopic (exact) mass is 369 g/mol.